The van der Waals surface area contributed by atoms with E-state index in [9.17, 15) is 13.2 Å². The normalized spacial score (nSPS) is 15.7. The number of nitrogens with zero attached hydrogens (tertiary/aromatic N) is 3. The van der Waals surface area contributed by atoms with Crippen molar-refractivity contribution in [3.8, 4) is 0 Å². The number of hydrogen-bond acceptors (Lipinski definition) is 4. The number of aryl methyl sites for hydroxylation is 3. The second-order valence-electron chi connectivity index (χ2n) is 10.9. The second kappa shape index (κ2) is 12.4. The van der Waals surface area contributed by atoms with Gasteiger partial charge in [-0.05, 0) is 80.0 Å². The van der Waals surface area contributed by atoms with Crippen LogP contribution in [0.25, 0.3) is 0 Å². The molecule has 7 nitrogen and oxygen atoms in total. The summed E-state index contributed by atoms with van der Waals surface area (Å²) in [5.41, 5.74) is 4.91. The summed E-state index contributed by atoms with van der Waals surface area (Å²) in [6.07, 6.45) is 6.48. The van der Waals surface area contributed by atoms with E-state index < -0.39 is 10.0 Å². The number of nitrogens with one attached hydrogen (secondary N) is 1. The van der Waals surface area contributed by atoms with Crippen LogP contribution in [0.2, 0.25) is 0 Å². The zero-order valence-electron chi connectivity index (χ0n) is 24.0. The molecule has 0 bridgehead atoms. The van der Waals surface area contributed by atoms with Gasteiger partial charge in [-0.1, -0.05) is 61.0 Å². The number of hydrogen-bond donors (Lipinski definition) is 1. The molecule has 0 saturated heterocycles. The highest BCUT2D eigenvalue weighted by molar-refractivity contribution is 7.89. The first-order chi connectivity index (χ1) is 19.7. The lowest BCUT2D eigenvalue weighted by Crippen LogP contribution is -2.34. The molecular formula is C33H38N4O3S. The first-order valence-corrected chi connectivity index (χ1v) is 15.8. The summed E-state index contributed by atoms with van der Waals surface area (Å²) in [5, 5.41) is 0. The Bertz CT molecular complexity index is 1600. The van der Waals surface area contributed by atoms with E-state index in [0.29, 0.717) is 19.4 Å². The molecule has 0 saturated carbocycles. The Labute approximate surface area is 243 Å². The second-order valence-corrected chi connectivity index (χ2v) is 12.6. The highest BCUT2D eigenvalue weighted by Crippen LogP contribution is 2.35. The average Bonchev–Trinajstić information content (AvgIpc) is 3.43. The topological polar surface area (TPSA) is 84.3 Å². The monoisotopic (exact) mass is 570 g/mol. The van der Waals surface area contributed by atoms with Gasteiger partial charge >= 0.3 is 0 Å². The maximum atomic E-state index is 13.9. The van der Waals surface area contributed by atoms with E-state index in [0.717, 1.165) is 53.2 Å². The van der Waals surface area contributed by atoms with Gasteiger partial charge in [-0.25, -0.2) is 18.1 Å². The van der Waals surface area contributed by atoms with Crippen LogP contribution in [0.1, 0.15) is 73.1 Å². The van der Waals surface area contributed by atoms with Gasteiger partial charge in [-0.2, -0.15) is 0 Å². The Morgan fingerprint density at radius 1 is 1.10 bits per heavy atom. The van der Waals surface area contributed by atoms with Crippen LogP contribution in [-0.4, -0.2) is 23.9 Å². The smallest absolute Gasteiger partial charge is 0.241 e. The summed E-state index contributed by atoms with van der Waals surface area (Å²) in [7, 11) is -3.71. The number of fused-ring (bicyclic) bond motifs is 1. The summed E-state index contributed by atoms with van der Waals surface area (Å²) in [6, 6.07) is 22.6. The molecular weight excluding hydrogens is 532 g/mol. The minimum atomic E-state index is -3.71. The van der Waals surface area contributed by atoms with Crippen molar-refractivity contribution in [2.45, 2.75) is 76.4 Å². The fourth-order valence-corrected chi connectivity index (χ4v) is 6.82. The van der Waals surface area contributed by atoms with Gasteiger partial charge in [0.2, 0.25) is 15.9 Å². The summed E-state index contributed by atoms with van der Waals surface area (Å²) >= 11 is 0. The van der Waals surface area contributed by atoms with Crippen LogP contribution in [0.15, 0.2) is 90.1 Å². The molecule has 4 aromatic rings. The fourth-order valence-electron chi connectivity index (χ4n) is 5.57. The number of imidazole rings is 1. The van der Waals surface area contributed by atoms with Crippen molar-refractivity contribution in [2.75, 3.05) is 4.90 Å². The number of carbonyl (C=O) groups is 1. The number of aromatic nitrogens is 2. The largest absolute Gasteiger partial charge is 0.334 e. The van der Waals surface area contributed by atoms with Crippen LogP contribution in [0.4, 0.5) is 5.69 Å². The van der Waals surface area contributed by atoms with Crippen LogP contribution in [0.5, 0.6) is 0 Å². The molecule has 0 unspecified atom stereocenters. The van der Waals surface area contributed by atoms with Crippen molar-refractivity contribution in [1.29, 1.82) is 0 Å². The van der Waals surface area contributed by atoms with Gasteiger partial charge < -0.3 is 9.47 Å². The zero-order chi connectivity index (χ0) is 29.0. The Morgan fingerprint density at radius 2 is 1.85 bits per heavy atom. The third-order valence-electron chi connectivity index (χ3n) is 7.98. The fraction of sp³-hybridized carbons (Fsp3) is 0.333. The molecule has 0 spiro atoms. The molecule has 1 aliphatic rings. The van der Waals surface area contributed by atoms with Crippen LogP contribution < -0.4 is 9.62 Å². The summed E-state index contributed by atoms with van der Waals surface area (Å²) in [5.74, 6) is 0.853. The zero-order valence-corrected chi connectivity index (χ0v) is 24.8. The number of benzene rings is 3. The Morgan fingerprint density at radius 3 is 2.59 bits per heavy atom. The predicted molar refractivity (Wildman–Crippen MR) is 162 cm³/mol. The lowest BCUT2D eigenvalue weighted by molar-refractivity contribution is -0.119. The van der Waals surface area contributed by atoms with E-state index in [4.69, 9.17) is 0 Å². The molecule has 3 aromatic carbocycles. The molecule has 8 heteroatoms. The molecule has 0 fully saturated rings. The minimum Gasteiger partial charge on any atom is -0.334 e. The molecule has 5 rings (SSSR count). The van der Waals surface area contributed by atoms with Gasteiger partial charge in [0.15, 0.2) is 0 Å². The molecule has 1 aliphatic carbocycles. The van der Waals surface area contributed by atoms with Crippen LogP contribution in [-0.2, 0) is 34.3 Å². The number of sulfonamides is 1. The number of amides is 1. The Kier molecular flexibility index (Phi) is 8.71. The van der Waals surface area contributed by atoms with Gasteiger partial charge in [-0.3, -0.25) is 4.79 Å². The maximum Gasteiger partial charge on any atom is 0.241 e. The Balaban J connectivity index is 1.47. The quantitative estimate of drug-likeness (QED) is 0.243. The third kappa shape index (κ3) is 6.60. The molecule has 1 aromatic heterocycles. The van der Waals surface area contributed by atoms with Crippen molar-refractivity contribution in [3.63, 3.8) is 0 Å². The first-order valence-electron chi connectivity index (χ1n) is 14.3. The van der Waals surface area contributed by atoms with Crippen LogP contribution in [0.3, 0.4) is 0 Å². The lowest BCUT2D eigenvalue weighted by atomic mass is 9.87. The highest BCUT2D eigenvalue weighted by atomic mass is 32.2. The number of rotatable bonds is 10. The first kappa shape index (κ1) is 28.8. The molecule has 1 amide bonds. The van der Waals surface area contributed by atoms with Gasteiger partial charge in [0, 0.05) is 37.1 Å². The van der Waals surface area contributed by atoms with Crippen molar-refractivity contribution in [1.82, 2.24) is 14.3 Å². The number of carbonyl (C=O) groups excluding carboxylic acids is 1. The Hall–Kier alpha value is -3.75. The highest BCUT2D eigenvalue weighted by Gasteiger charge is 2.28. The van der Waals surface area contributed by atoms with Crippen LogP contribution in [0, 0.1) is 6.92 Å². The summed E-state index contributed by atoms with van der Waals surface area (Å²) in [6.45, 7) is 7.15. The molecule has 1 heterocycles. The van der Waals surface area contributed by atoms with E-state index in [1.807, 2.05) is 66.2 Å². The molecule has 2 atom stereocenters. The maximum absolute atomic E-state index is 13.9. The van der Waals surface area contributed by atoms with Gasteiger partial charge in [0.05, 0.1) is 11.4 Å². The van der Waals surface area contributed by atoms with Gasteiger partial charge in [0.25, 0.3) is 0 Å². The molecule has 1 N–H and O–H groups in total. The van der Waals surface area contributed by atoms with Crippen molar-refractivity contribution >= 4 is 21.6 Å². The molecule has 0 radical (unpaired) electrons. The van der Waals surface area contributed by atoms with E-state index in [-0.39, 0.29) is 22.8 Å². The van der Waals surface area contributed by atoms with Crippen molar-refractivity contribution in [2.24, 2.45) is 0 Å². The lowest BCUT2D eigenvalue weighted by Gasteiger charge is -2.30. The van der Waals surface area contributed by atoms with Crippen molar-refractivity contribution < 1.29 is 13.2 Å². The van der Waals surface area contributed by atoms with Gasteiger partial charge in [-0.15, -0.1) is 0 Å². The van der Waals surface area contributed by atoms with E-state index >= 15 is 0 Å². The SMILES string of the molecule is CCn1ccnc1CN(C(=O)C[C@H](C)c1ccccc1)c1ccc2c(c1)[C@H](NS(=O)(=O)c1ccc(C)cc1)CCC2. The standard InChI is InChI=1S/C33H38N4O3S/c1-4-36-20-19-34-32(36)23-37(33(38)21-25(3)26-9-6-5-7-10-26)28-16-15-27-11-8-12-31(30(27)22-28)35-41(39,40)29-17-13-24(2)14-18-29/h5-7,9-10,13-20,22,25,31,35H,4,8,11-12,21,23H2,1-3H3/t25-,31+/m0/s1. The minimum absolute atomic E-state index is 0.000415. The van der Waals surface area contributed by atoms with Crippen molar-refractivity contribution in [3.05, 3.63) is 113 Å². The number of anilines is 1. The predicted octanol–water partition coefficient (Wildman–Crippen LogP) is 6.29. The third-order valence-corrected chi connectivity index (χ3v) is 9.46. The molecule has 214 valence electrons. The molecule has 0 aliphatic heterocycles. The summed E-state index contributed by atoms with van der Waals surface area (Å²) in [4.78, 5) is 20.5. The average molecular weight is 571 g/mol. The van der Waals surface area contributed by atoms with Gasteiger partial charge in [0.1, 0.15) is 5.82 Å². The van der Waals surface area contributed by atoms with Crippen LogP contribution >= 0.6 is 0 Å². The van der Waals surface area contributed by atoms with E-state index in [1.54, 1.807) is 23.2 Å². The summed E-state index contributed by atoms with van der Waals surface area (Å²) < 4.78 is 31.6. The van der Waals surface area contributed by atoms with E-state index in [1.165, 1.54) is 0 Å². The van der Waals surface area contributed by atoms with E-state index in [2.05, 4.69) is 35.7 Å². The molecule has 41 heavy (non-hydrogen) atoms.